The van der Waals surface area contributed by atoms with Crippen LogP contribution in [0.2, 0.25) is 0 Å². The predicted molar refractivity (Wildman–Crippen MR) is 148 cm³/mol. The van der Waals surface area contributed by atoms with Crippen LogP contribution in [0.1, 0.15) is 16.1 Å². The van der Waals surface area contributed by atoms with E-state index in [1.807, 2.05) is 0 Å². The van der Waals surface area contributed by atoms with Gasteiger partial charge in [-0.2, -0.15) is 0 Å². The van der Waals surface area contributed by atoms with Crippen LogP contribution >= 0.6 is 11.8 Å². The van der Waals surface area contributed by atoms with Gasteiger partial charge in [0.2, 0.25) is 5.91 Å². The molecule has 0 aliphatic rings. The molecule has 1 aromatic heterocycles. The fourth-order valence-corrected chi connectivity index (χ4v) is 4.09. The van der Waals surface area contributed by atoms with Crippen LogP contribution < -0.4 is 16.0 Å². The first-order valence-corrected chi connectivity index (χ1v) is 12.6. The van der Waals surface area contributed by atoms with Gasteiger partial charge in [-0.15, -0.1) is 11.8 Å². The van der Waals surface area contributed by atoms with Crippen molar-refractivity contribution in [3.8, 4) is 0 Å². The Morgan fingerprint density at radius 1 is 0.872 bits per heavy atom. The summed E-state index contributed by atoms with van der Waals surface area (Å²) in [6.07, 6.45) is 2.89. The lowest BCUT2D eigenvalue weighted by atomic mass is 10.2. The van der Waals surface area contributed by atoms with Crippen molar-refractivity contribution < 1.29 is 23.7 Å². The summed E-state index contributed by atoms with van der Waals surface area (Å²) in [7, 11) is 0. The van der Waals surface area contributed by atoms with Gasteiger partial charge in [0.15, 0.2) is 0 Å². The molecular formula is C28H22N4O6S. The third-order valence-corrected chi connectivity index (χ3v) is 6.18. The van der Waals surface area contributed by atoms with Crippen molar-refractivity contribution >= 4 is 52.6 Å². The number of nitro groups is 1. The standard InChI is InChI=1S/C28H22N4O6S/c33-26(29-20-11-13-22(14-12-20)32(36)37)18-39-24-10-4-8-21(16-24)30-28(35)25(17-23-9-5-15-38-23)31-27(34)19-6-2-1-3-7-19/h1-17H,18H2,(H,29,33)(H,30,35)(H,31,34)/b25-17-. The van der Waals surface area contributed by atoms with E-state index in [-0.39, 0.29) is 23.0 Å². The number of amides is 3. The Bertz CT molecular complexity index is 1500. The summed E-state index contributed by atoms with van der Waals surface area (Å²) in [5.41, 5.74) is 1.21. The van der Waals surface area contributed by atoms with E-state index < -0.39 is 16.7 Å². The molecule has 0 aliphatic carbocycles. The van der Waals surface area contributed by atoms with E-state index in [4.69, 9.17) is 4.42 Å². The van der Waals surface area contributed by atoms with Gasteiger partial charge < -0.3 is 20.4 Å². The smallest absolute Gasteiger partial charge is 0.272 e. The lowest BCUT2D eigenvalue weighted by molar-refractivity contribution is -0.384. The molecule has 0 bridgehead atoms. The van der Waals surface area contributed by atoms with Crippen molar-refractivity contribution in [1.82, 2.24) is 5.32 Å². The normalized spacial score (nSPS) is 10.9. The molecule has 10 nitrogen and oxygen atoms in total. The number of furan rings is 1. The number of nitrogens with one attached hydrogen (secondary N) is 3. The molecule has 0 aliphatic heterocycles. The molecule has 3 amide bonds. The molecule has 0 saturated carbocycles. The average molecular weight is 543 g/mol. The first kappa shape index (κ1) is 26.9. The Kier molecular flexibility index (Phi) is 8.88. The van der Waals surface area contributed by atoms with Crippen LogP contribution in [0, 0.1) is 10.1 Å². The zero-order valence-electron chi connectivity index (χ0n) is 20.3. The molecule has 0 saturated heterocycles. The second-order valence-electron chi connectivity index (χ2n) is 8.02. The van der Waals surface area contributed by atoms with Crippen LogP contribution in [-0.4, -0.2) is 28.4 Å². The molecular weight excluding hydrogens is 520 g/mol. The summed E-state index contributed by atoms with van der Waals surface area (Å²) in [5.74, 6) is -0.849. The minimum atomic E-state index is -0.561. The Morgan fingerprint density at radius 2 is 1.64 bits per heavy atom. The topological polar surface area (TPSA) is 144 Å². The monoisotopic (exact) mass is 542 g/mol. The van der Waals surface area contributed by atoms with E-state index in [0.29, 0.717) is 22.7 Å². The minimum Gasteiger partial charge on any atom is -0.465 e. The number of benzene rings is 3. The number of non-ortho nitro benzene ring substituents is 1. The van der Waals surface area contributed by atoms with Gasteiger partial charge in [-0.3, -0.25) is 24.5 Å². The number of hydrogen-bond donors (Lipinski definition) is 3. The molecule has 11 heteroatoms. The van der Waals surface area contributed by atoms with Gasteiger partial charge in [0.25, 0.3) is 17.5 Å². The fraction of sp³-hybridized carbons (Fsp3) is 0.0357. The second-order valence-corrected chi connectivity index (χ2v) is 9.07. The zero-order valence-corrected chi connectivity index (χ0v) is 21.1. The van der Waals surface area contributed by atoms with Crippen LogP contribution in [0.5, 0.6) is 0 Å². The molecule has 39 heavy (non-hydrogen) atoms. The fourth-order valence-electron chi connectivity index (χ4n) is 3.33. The Labute approximate surface area is 227 Å². The van der Waals surface area contributed by atoms with Crippen molar-refractivity contribution in [1.29, 1.82) is 0 Å². The average Bonchev–Trinajstić information content (AvgIpc) is 3.46. The highest BCUT2D eigenvalue weighted by Crippen LogP contribution is 2.23. The molecule has 0 fully saturated rings. The van der Waals surface area contributed by atoms with E-state index in [1.165, 1.54) is 48.4 Å². The highest BCUT2D eigenvalue weighted by molar-refractivity contribution is 8.00. The maximum atomic E-state index is 13.1. The molecule has 4 aromatic rings. The third-order valence-electron chi connectivity index (χ3n) is 5.18. The number of carbonyl (C=O) groups excluding carboxylic acids is 3. The van der Waals surface area contributed by atoms with Crippen molar-refractivity contribution in [3.63, 3.8) is 0 Å². The molecule has 196 valence electrons. The lowest BCUT2D eigenvalue weighted by Crippen LogP contribution is -2.30. The van der Waals surface area contributed by atoms with E-state index in [0.717, 1.165) is 4.90 Å². The van der Waals surface area contributed by atoms with Gasteiger partial charge in [0.05, 0.1) is 16.9 Å². The first-order chi connectivity index (χ1) is 18.9. The third kappa shape index (κ3) is 7.91. The maximum absolute atomic E-state index is 13.1. The highest BCUT2D eigenvalue weighted by atomic mass is 32.2. The molecule has 0 atom stereocenters. The minimum absolute atomic E-state index is 0.0145. The first-order valence-electron chi connectivity index (χ1n) is 11.6. The van der Waals surface area contributed by atoms with E-state index in [9.17, 15) is 24.5 Å². The molecule has 1 heterocycles. The molecule has 4 rings (SSSR count). The van der Waals surface area contributed by atoms with Crippen LogP contribution in [0.15, 0.2) is 112 Å². The quantitative estimate of drug-likeness (QED) is 0.106. The Balaban J connectivity index is 1.39. The number of rotatable bonds is 10. The van der Waals surface area contributed by atoms with E-state index >= 15 is 0 Å². The van der Waals surface area contributed by atoms with E-state index in [2.05, 4.69) is 16.0 Å². The number of anilines is 2. The Hall–Kier alpha value is -5.16. The van der Waals surface area contributed by atoms with Gasteiger partial charge >= 0.3 is 0 Å². The zero-order chi connectivity index (χ0) is 27.6. The molecule has 0 radical (unpaired) electrons. The van der Waals surface area contributed by atoms with Crippen LogP contribution in [0.4, 0.5) is 17.1 Å². The molecule has 3 aromatic carbocycles. The Morgan fingerprint density at radius 3 is 2.33 bits per heavy atom. The second kappa shape index (κ2) is 12.9. The number of carbonyl (C=O) groups is 3. The van der Waals surface area contributed by atoms with Crippen molar-refractivity contribution in [2.75, 3.05) is 16.4 Å². The SMILES string of the molecule is O=C(CSc1cccc(NC(=O)/C(=C/c2ccco2)NC(=O)c2ccccc2)c1)Nc1ccc([N+](=O)[O-])cc1. The number of nitro benzene ring substituents is 1. The number of hydrogen-bond acceptors (Lipinski definition) is 7. The molecule has 3 N–H and O–H groups in total. The van der Waals surface area contributed by atoms with Crippen LogP contribution in [0.25, 0.3) is 6.08 Å². The summed E-state index contributed by atoms with van der Waals surface area (Å²) in [6.45, 7) is 0. The predicted octanol–water partition coefficient (Wildman–Crippen LogP) is 5.33. The van der Waals surface area contributed by atoms with Crippen LogP contribution in [-0.2, 0) is 9.59 Å². The van der Waals surface area contributed by atoms with Gasteiger partial charge in [0.1, 0.15) is 11.5 Å². The van der Waals surface area contributed by atoms with Gasteiger partial charge in [0, 0.05) is 40.0 Å². The summed E-state index contributed by atoms with van der Waals surface area (Å²) in [4.78, 5) is 49.1. The summed E-state index contributed by atoms with van der Waals surface area (Å²) >= 11 is 1.25. The van der Waals surface area contributed by atoms with Gasteiger partial charge in [-0.1, -0.05) is 24.3 Å². The van der Waals surface area contributed by atoms with Crippen molar-refractivity contribution in [2.24, 2.45) is 0 Å². The maximum Gasteiger partial charge on any atom is 0.272 e. The molecule has 0 spiro atoms. The van der Waals surface area contributed by atoms with Crippen molar-refractivity contribution in [2.45, 2.75) is 4.90 Å². The summed E-state index contributed by atoms with van der Waals surface area (Å²) < 4.78 is 5.31. The largest absolute Gasteiger partial charge is 0.465 e. The summed E-state index contributed by atoms with van der Waals surface area (Å²) in [6, 6.07) is 24.3. The van der Waals surface area contributed by atoms with Gasteiger partial charge in [-0.05, 0) is 54.6 Å². The van der Waals surface area contributed by atoms with Crippen molar-refractivity contribution in [3.05, 3.63) is 124 Å². The summed E-state index contributed by atoms with van der Waals surface area (Å²) in [5, 5.41) is 18.8. The molecule has 0 unspecified atom stereocenters. The van der Waals surface area contributed by atoms with Crippen LogP contribution in [0.3, 0.4) is 0 Å². The number of thioether (sulfide) groups is 1. The van der Waals surface area contributed by atoms with E-state index in [1.54, 1.807) is 66.7 Å². The lowest BCUT2D eigenvalue weighted by Gasteiger charge is -2.12. The number of nitrogens with zero attached hydrogens (tertiary/aromatic N) is 1. The van der Waals surface area contributed by atoms with Gasteiger partial charge in [-0.25, -0.2) is 0 Å². The highest BCUT2D eigenvalue weighted by Gasteiger charge is 2.16.